The van der Waals surface area contributed by atoms with E-state index in [1.165, 1.54) is 33.8 Å². The summed E-state index contributed by atoms with van der Waals surface area (Å²) in [5.41, 5.74) is 3.04. The van der Waals surface area contributed by atoms with Crippen molar-refractivity contribution in [1.29, 1.82) is 0 Å². The van der Waals surface area contributed by atoms with Crippen molar-refractivity contribution in [2.24, 2.45) is 0 Å². The van der Waals surface area contributed by atoms with Gasteiger partial charge in [0.05, 0.1) is 12.6 Å². The summed E-state index contributed by atoms with van der Waals surface area (Å²) >= 11 is 6.09. The van der Waals surface area contributed by atoms with Crippen LogP contribution in [0.5, 0.6) is 5.75 Å². The molecule has 8 nitrogen and oxygen atoms in total. The smallest absolute Gasteiger partial charge is 0.251 e. The van der Waals surface area contributed by atoms with E-state index in [2.05, 4.69) is 15.6 Å². The lowest BCUT2D eigenvalue weighted by Gasteiger charge is -2.31. The fourth-order valence-corrected chi connectivity index (χ4v) is 4.49. The minimum atomic E-state index is -1.10. The van der Waals surface area contributed by atoms with Gasteiger partial charge in [-0.3, -0.25) is 9.59 Å². The Morgan fingerprint density at radius 1 is 0.975 bits per heavy atom. The van der Waals surface area contributed by atoms with Crippen molar-refractivity contribution in [3.05, 3.63) is 119 Å². The zero-order chi connectivity index (χ0) is 28.1. The molecule has 0 aliphatic carbocycles. The van der Waals surface area contributed by atoms with Crippen molar-refractivity contribution in [2.75, 3.05) is 12.4 Å². The number of anilines is 1. The normalized spacial score (nSPS) is 11.7. The number of rotatable bonds is 9. The van der Waals surface area contributed by atoms with Crippen molar-refractivity contribution in [1.82, 2.24) is 19.9 Å². The molecule has 0 bridgehead atoms. The second-order valence-corrected chi connectivity index (χ2v) is 9.49. The molecule has 5 aromatic rings. The molecule has 0 aliphatic rings. The Morgan fingerprint density at radius 3 is 2.38 bits per heavy atom. The molecule has 40 heavy (non-hydrogen) atoms. The quantitative estimate of drug-likeness (QED) is 0.253. The number of para-hydroxylation sites is 1. The van der Waals surface area contributed by atoms with Crippen LogP contribution in [0.25, 0.3) is 11.0 Å². The Hall–Kier alpha value is -4.76. The molecule has 5 rings (SSSR count). The van der Waals surface area contributed by atoms with Gasteiger partial charge < -0.3 is 15.0 Å². The largest absolute Gasteiger partial charge is 0.497 e. The predicted molar refractivity (Wildman–Crippen MR) is 150 cm³/mol. The lowest BCUT2D eigenvalue weighted by Crippen LogP contribution is -2.42. The molecular formula is C30H25ClFN5O3. The molecule has 4 aromatic carbocycles. The summed E-state index contributed by atoms with van der Waals surface area (Å²) < 4.78 is 20.6. The number of hydrogen-bond acceptors (Lipinski definition) is 5. The number of benzene rings is 4. The second-order valence-electron chi connectivity index (χ2n) is 9.06. The average molecular weight is 558 g/mol. The lowest BCUT2D eigenvalue weighted by atomic mass is 10.0. The number of carbonyl (C=O) groups is 2. The number of aromatic nitrogens is 3. The van der Waals surface area contributed by atoms with E-state index < -0.39 is 17.8 Å². The molecule has 202 valence electrons. The fourth-order valence-electron chi connectivity index (χ4n) is 4.37. The van der Waals surface area contributed by atoms with Crippen LogP contribution in [0, 0.1) is 5.82 Å². The minimum absolute atomic E-state index is 0.0840. The zero-order valence-electron chi connectivity index (χ0n) is 21.5. The molecule has 1 N–H and O–H groups in total. The van der Waals surface area contributed by atoms with Crippen LogP contribution in [0.2, 0.25) is 5.02 Å². The van der Waals surface area contributed by atoms with Crippen LogP contribution in [-0.2, 0) is 22.7 Å². The molecular weight excluding hydrogens is 533 g/mol. The number of hydrogen-bond donors (Lipinski definition) is 1. The average Bonchev–Trinajstić information content (AvgIpc) is 3.37. The molecule has 0 radical (unpaired) electrons. The molecule has 10 heteroatoms. The molecule has 1 heterocycles. The van der Waals surface area contributed by atoms with Gasteiger partial charge in [-0.25, -0.2) is 9.07 Å². The van der Waals surface area contributed by atoms with E-state index in [0.717, 1.165) is 5.56 Å². The number of amides is 2. The second kappa shape index (κ2) is 12.0. The maximum atomic E-state index is 14.0. The van der Waals surface area contributed by atoms with Crippen molar-refractivity contribution in [3.8, 4) is 5.75 Å². The van der Waals surface area contributed by atoms with Crippen LogP contribution < -0.4 is 10.1 Å². The van der Waals surface area contributed by atoms with E-state index in [1.807, 2.05) is 18.2 Å². The highest BCUT2D eigenvalue weighted by Crippen LogP contribution is 2.27. The van der Waals surface area contributed by atoms with Crippen LogP contribution in [0.1, 0.15) is 17.2 Å². The zero-order valence-corrected chi connectivity index (χ0v) is 22.3. The number of nitrogens with one attached hydrogen (secondary N) is 1. The Balaban J connectivity index is 1.53. The van der Waals surface area contributed by atoms with E-state index in [0.29, 0.717) is 33.1 Å². The number of halogens is 2. The van der Waals surface area contributed by atoms with Gasteiger partial charge in [-0.05, 0) is 71.8 Å². The first kappa shape index (κ1) is 26.8. The van der Waals surface area contributed by atoms with Gasteiger partial charge in [0.1, 0.15) is 29.7 Å². The molecule has 1 aromatic heterocycles. The van der Waals surface area contributed by atoms with Gasteiger partial charge in [-0.15, -0.1) is 5.10 Å². The Labute approximate surface area is 234 Å². The fraction of sp³-hybridized carbons (Fsp3) is 0.133. The lowest BCUT2D eigenvalue weighted by molar-refractivity contribution is -0.140. The summed E-state index contributed by atoms with van der Waals surface area (Å²) in [5.74, 6) is -0.678. The minimum Gasteiger partial charge on any atom is -0.497 e. The number of fused-ring (bicyclic) bond motifs is 1. The van der Waals surface area contributed by atoms with Crippen LogP contribution in [0.3, 0.4) is 0 Å². The van der Waals surface area contributed by atoms with E-state index >= 15 is 0 Å². The van der Waals surface area contributed by atoms with Gasteiger partial charge in [0.15, 0.2) is 0 Å². The van der Waals surface area contributed by atoms with Crippen LogP contribution in [0.15, 0.2) is 97.1 Å². The first-order valence-electron chi connectivity index (χ1n) is 12.4. The summed E-state index contributed by atoms with van der Waals surface area (Å²) in [6.07, 6.45) is 0. The predicted octanol–water partition coefficient (Wildman–Crippen LogP) is 5.64. The Bertz CT molecular complexity index is 1620. The number of carbonyl (C=O) groups excluding carboxylic acids is 2. The Kier molecular flexibility index (Phi) is 8.02. The number of nitrogens with zero attached hydrogens (tertiary/aromatic N) is 4. The molecule has 0 saturated carbocycles. The maximum Gasteiger partial charge on any atom is 0.251 e. The summed E-state index contributed by atoms with van der Waals surface area (Å²) in [7, 11) is 1.55. The van der Waals surface area contributed by atoms with Gasteiger partial charge in [0.2, 0.25) is 5.91 Å². The van der Waals surface area contributed by atoms with Crippen molar-refractivity contribution < 1.29 is 18.7 Å². The van der Waals surface area contributed by atoms with E-state index in [4.69, 9.17) is 16.3 Å². The standard InChI is InChI=1S/C30H25ClFN5O3/c1-40-25-16-14-24(15-17-25)33-30(39)29(21-8-12-23(32)13-9-21)36(18-20-6-10-22(31)11-7-20)28(38)19-37-27-5-3-2-4-26(27)34-35-37/h2-17,29H,18-19H2,1H3,(H,33,39). The van der Waals surface area contributed by atoms with Gasteiger partial charge in [-0.1, -0.05) is 53.2 Å². The molecule has 2 amide bonds. The highest BCUT2D eigenvalue weighted by atomic mass is 35.5. The Morgan fingerprint density at radius 2 is 1.68 bits per heavy atom. The first-order chi connectivity index (χ1) is 19.4. The van der Waals surface area contributed by atoms with Crippen LogP contribution >= 0.6 is 11.6 Å². The van der Waals surface area contributed by atoms with Gasteiger partial charge >= 0.3 is 0 Å². The monoisotopic (exact) mass is 557 g/mol. The van der Waals surface area contributed by atoms with E-state index in [-0.39, 0.29) is 19.0 Å². The van der Waals surface area contributed by atoms with E-state index in [1.54, 1.807) is 61.7 Å². The summed E-state index contributed by atoms with van der Waals surface area (Å²) in [6, 6.07) is 25.6. The highest BCUT2D eigenvalue weighted by molar-refractivity contribution is 6.30. The number of ether oxygens (including phenoxy) is 1. The van der Waals surface area contributed by atoms with E-state index in [9.17, 15) is 14.0 Å². The molecule has 1 unspecified atom stereocenters. The summed E-state index contributed by atoms with van der Waals surface area (Å²) in [4.78, 5) is 29.3. The third-order valence-electron chi connectivity index (χ3n) is 6.40. The third-order valence-corrected chi connectivity index (χ3v) is 6.65. The van der Waals surface area contributed by atoms with Crippen LogP contribution in [-0.4, -0.2) is 38.8 Å². The highest BCUT2D eigenvalue weighted by Gasteiger charge is 2.32. The van der Waals surface area contributed by atoms with Gasteiger partial charge in [0.25, 0.3) is 5.91 Å². The van der Waals surface area contributed by atoms with Crippen molar-refractivity contribution in [3.63, 3.8) is 0 Å². The molecule has 1 atom stereocenters. The van der Waals surface area contributed by atoms with Gasteiger partial charge in [-0.2, -0.15) is 0 Å². The van der Waals surface area contributed by atoms with Crippen molar-refractivity contribution in [2.45, 2.75) is 19.1 Å². The third kappa shape index (κ3) is 6.10. The van der Waals surface area contributed by atoms with Crippen LogP contribution in [0.4, 0.5) is 10.1 Å². The maximum absolute atomic E-state index is 14.0. The summed E-state index contributed by atoms with van der Waals surface area (Å²) in [5, 5.41) is 11.7. The topological polar surface area (TPSA) is 89.4 Å². The summed E-state index contributed by atoms with van der Waals surface area (Å²) in [6.45, 7) is -0.0810. The van der Waals surface area contributed by atoms with Crippen molar-refractivity contribution >= 4 is 40.1 Å². The number of methoxy groups -OCH3 is 1. The molecule has 0 fully saturated rings. The molecule has 0 spiro atoms. The molecule has 0 aliphatic heterocycles. The first-order valence-corrected chi connectivity index (χ1v) is 12.8. The SMILES string of the molecule is COc1ccc(NC(=O)C(c2ccc(F)cc2)N(Cc2ccc(Cl)cc2)C(=O)Cn2nnc3ccccc32)cc1. The van der Waals surface area contributed by atoms with Gasteiger partial charge in [0, 0.05) is 17.3 Å². The molecule has 0 saturated heterocycles.